The number of hydrogen-bond acceptors (Lipinski definition) is 1. The minimum atomic E-state index is -5.11. The summed E-state index contributed by atoms with van der Waals surface area (Å²) >= 11 is 0. The summed E-state index contributed by atoms with van der Waals surface area (Å²) in [6, 6.07) is 76.8. The number of para-hydroxylation sites is 5. The third kappa shape index (κ3) is 7.93. The van der Waals surface area contributed by atoms with Crippen LogP contribution >= 0.6 is 0 Å². The van der Waals surface area contributed by atoms with Gasteiger partial charge in [-0.3, -0.25) is 0 Å². The molecule has 0 radical (unpaired) electrons. The zero-order valence-corrected chi connectivity index (χ0v) is 45.6. The molecule has 0 spiro atoms. The van der Waals surface area contributed by atoms with Gasteiger partial charge in [0.2, 0.25) is 0 Å². The molecule has 4 heterocycles. The predicted molar refractivity (Wildman–Crippen MR) is 335 cm³/mol. The summed E-state index contributed by atoms with van der Waals surface area (Å²) in [7, 11) is 0. The molecule has 0 fully saturated rings. The van der Waals surface area contributed by atoms with Crippen molar-refractivity contribution in [2.24, 2.45) is 0 Å². The lowest BCUT2D eigenvalue weighted by Gasteiger charge is -2.20. The Morgan fingerprint density at radius 2 is 0.709 bits per heavy atom. The summed E-state index contributed by atoms with van der Waals surface area (Å²) in [6.07, 6.45) is -3.97. The number of rotatable bonds is 7. The summed E-state index contributed by atoms with van der Waals surface area (Å²) in [5.74, 6) is 0. The van der Waals surface area contributed by atoms with Crippen LogP contribution in [0.15, 0.2) is 243 Å². The van der Waals surface area contributed by atoms with Crippen LogP contribution < -0.4 is 0 Å². The van der Waals surface area contributed by atoms with Gasteiger partial charge in [0.1, 0.15) is 11.6 Å². The molecule has 15 aromatic rings. The van der Waals surface area contributed by atoms with Crippen molar-refractivity contribution in [2.45, 2.75) is 25.2 Å². The Morgan fingerprint density at radius 1 is 0.337 bits per heavy atom. The van der Waals surface area contributed by atoms with Crippen molar-refractivity contribution in [1.29, 1.82) is 5.26 Å². The Morgan fingerprint density at radius 3 is 1.16 bits per heavy atom. The van der Waals surface area contributed by atoms with Gasteiger partial charge in [0.15, 0.2) is 0 Å². The van der Waals surface area contributed by atoms with E-state index in [4.69, 9.17) is 0 Å². The van der Waals surface area contributed by atoms with Crippen LogP contribution in [0.5, 0.6) is 0 Å². The second-order valence-corrected chi connectivity index (χ2v) is 22.1. The topological polar surface area (TPSA) is 43.5 Å². The summed E-state index contributed by atoms with van der Waals surface area (Å²) in [6.45, 7) is 0. The molecule has 16 rings (SSSR count). The number of aromatic nitrogens is 4. The highest BCUT2D eigenvalue weighted by Gasteiger charge is 2.37. The predicted octanol–water partition coefficient (Wildman–Crippen LogP) is 20.8. The molecule has 0 saturated heterocycles. The number of allylic oxidation sites excluding steroid dienone is 1. The molecule has 5 nitrogen and oxygen atoms in total. The number of nitrogens with zero attached hydrogens (tertiary/aromatic N) is 5. The molecule has 0 aliphatic heterocycles. The van der Waals surface area contributed by atoms with Crippen molar-refractivity contribution >= 4 is 82.4 Å². The molecule has 0 bridgehead atoms. The Bertz CT molecular complexity index is 5360. The second-order valence-electron chi connectivity index (χ2n) is 22.1. The normalized spacial score (nSPS) is 12.8. The molecular formula is C75H45F6N5. The maximum Gasteiger partial charge on any atom is 0.416 e. The lowest BCUT2D eigenvalue weighted by Crippen LogP contribution is -2.11. The maximum absolute atomic E-state index is 14.8. The smallest absolute Gasteiger partial charge is 0.310 e. The number of alkyl halides is 6. The van der Waals surface area contributed by atoms with E-state index < -0.39 is 23.5 Å². The van der Waals surface area contributed by atoms with Gasteiger partial charge in [0.25, 0.3) is 0 Å². The fourth-order valence-electron chi connectivity index (χ4n) is 13.5. The van der Waals surface area contributed by atoms with Crippen LogP contribution in [0, 0.1) is 11.3 Å². The van der Waals surface area contributed by atoms with E-state index in [0.29, 0.717) is 22.1 Å². The van der Waals surface area contributed by atoms with Gasteiger partial charge in [0, 0.05) is 54.8 Å². The van der Waals surface area contributed by atoms with Gasteiger partial charge in [-0.15, -0.1) is 0 Å². The van der Waals surface area contributed by atoms with Crippen molar-refractivity contribution < 1.29 is 26.3 Å². The van der Waals surface area contributed by atoms with Crippen molar-refractivity contribution in [2.75, 3.05) is 0 Å². The van der Waals surface area contributed by atoms with E-state index in [2.05, 4.69) is 112 Å². The van der Waals surface area contributed by atoms with E-state index in [-0.39, 0.29) is 34.1 Å². The van der Waals surface area contributed by atoms with Gasteiger partial charge < -0.3 is 18.3 Å². The Kier molecular flexibility index (Phi) is 11.3. The van der Waals surface area contributed by atoms with Gasteiger partial charge in [-0.25, -0.2) is 0 Å². The van der Waals surface area contributed by atoms with Crippen LogP contribution in [0.1, 0.15) is 34.4 Å². The number of fused-ring (bicyclic) bond motifs is 12. The molecule has 1 aliphatic rings. The summed E-state index contributed by atoms with van der Waals surface area (Å²) < 4.78 is 97.2. The minimum absolute atomic E-state index is 0.0487. The van der Waals surface area contributed by atoms with E-state index in [1.807, 2.05) is 130 Å². The highest BCUT2D eigenvalue weighted by atomic mass is 19.4. The first kappa shape index (κ1) is 50.9. The Labute approximate surface area is 488 Å². The van der Waals surface area contributed by atoms with Gasteiger partial charge >= 0.3 is 12.4 Å². The molecule has 86 heavy (non-hydrogen) atoms. The van der Waals surface area contributed by atoms with E-state index in [9.17, 15) is 31.6 Å². The lowest BCUT2D eigenvalue weighted by atomic mass is 9.96. The first-order valence-corrected chi connectivity index (χ1v) is 28.3. The van der Waals surface area contributed by atoms with E-state index in [1.165, 1.54) is 5.56 Å². The highest BCUT2D eigenvalue weighted by molar-refractivity contribution is 6.14. The number of hydrogen-bond donors (Lipinski definition) is 0. The van der Waals surface area contributed by atoms with Crippen molar-refractivity contribution in [3.05, 3.63) is 271 Å². The third-order valence-corrected chi connectivity index (χ3v) is 17.3. The Balaban J connectivity index is 0.915. The summed E-state index contributed by atoms with van der Waals surface area (Å²) in [5, 5.41) is 18.4. The van der Waals surface area contributed by atoms with Gasteiger partial charge in [-0.05, 0) is 179 Å². The monoisotopic (exact) mass is 1130 g/mol. The molecule has 11 aromatic carbocycles. The fraction of sp³-hybridized carbons (Fsp3) is 0.0533. The van der Waals surface area contributed by atoms with Crippen molar-refractivity contribution in [3.63, 3.8) is 0 Å². The summed E-state index contributed by atoms with van der Waals surface area (Å²) in [4.78, 5) is 0. The van der Waals surface area contributed by atoms with Gasteiger partial charge in [0.05, 0.1) is 61.1 Å². The number of nitriles is 1. The van der Waals surface area contributed by atoms with Gasteiger partial charge in [-0.2, -0.15) is 31.6 Å². The largest absolute Gasteiger partial charge is 0.416 e. The molecule has 0 amide bonds. The van der Waals surface area contributed by atoms with Crippen LogP contribution in [0.25, 0.3) is 139 Å². The standard InChI is InChI=1S/C75H45F6N5/c76-74(77,78)51-35-49(36-52(43-51)75(79,80)81)50-41-72(85-66-25-13-9-21-57(66)61-39-47(29-33-70(61)85)45-27-31-68-59(37-45)55-19-7-11-23-64(55)83(68)53-15-3-1-4-16-53)63(44-82)73(42-50)86-67-26-14-10-22-58(67)62-40-48(30-34-71(62)86)46-28-32-69-60(38-46)56-20-8-12-24-65(56)84(69)54-17-5-2-6-18-54/h1-7,9-19,21-43H,8,20H2. The van der Waals surface area contributed by atoms with E-state index in [1.54, 1.807) is 12.1 Å². The lowest BCUT2D eigenvalue weighted by molar-refractivity contribution is -0.143. The average Bonchev–Trinajstić information content (AvgIpc) is 1.65. The quantitative estimate of drug-likeness (QED) is 0.147. The minimum Gasteiger partial charge on any atom is -0.310 e. The third-order valence-electron chi connectivity index (χ3n) is 17.3. The molecule has 0 N–H and O–H groups in total. The van der Waals surface area contributed by atoms with E-state index in [0.717, 1.165) is 119 Å². The molecule has 0 saturated carbocycles. The zero-order valence-electron chi connectivity index (χ0n) is 45.6. The molecular weight excluding hydrogens is 1080 g/mol. The second kappa shape index (κ2) is 19.1. The highest BCUT2D eigenvalue weighted by Crippen LogP contribution is 2.46. The molecule has 0 unspecified atom stereocenters. The first-order chi connectivity index (χ1) is 41.9. The zero-order chi connectivity index (χ0) is 58.2. The van der Waals surface area contributed by atoms with Crippen LogP contribution in [0.3, 0.4) is 0 Å². The van der Waals surface area contributed by atoms with Gasteiger partial charge in [-0.1, -0.05) is 121 Å². The number of halogens is 6. The van der Waals surface area contributed by atoms with Crippen LogP contribution in [-0.4, -0.2) is 18.3 Å². The number of aryl methyl sites for hydroxylation is 1. The van der Waals surface area contributed by atoms with Crippen LogP contribution in [0.4, 0.5) is 26.3 Å². The average molecular weight is 1130 g/mol. The molecule has 0 atom stereocenters. The van der Waals surface area contributed by atoms with Crippen LogP contribution in [0.2, 0.25) is 0 Å². The fourth-order valence-corrected chi connectivity index (χ4v) is 13.5. The molecule has 4 aromatic heterocycles. The Hall–Kier alpha value is -10.8. The molecule has 412 valence electrons. The number of benzene rings is 11. The first-order valence-electron chi connectivity index (χ1n) is 28.3. The SMILES string of the molecule is N#Cc1c(-n2c3ccccc3c3cc(-c4ccc5c(c4)c4c(n5-c5ccccc5)C=CCC4)ccc32)cc(-c2cc(C(F)(F)F)cc(C(F)(F)F)c2)cc1-n1c2ccccc2c2cc(-c3ccc4c(c3)c3ccccc3n4-c3ccccc3)ccc21. The molecule has 11 heteroatoms. The molecule has 1 aliphatic carbocycles. The van der Waals surface area contributed by atoms with Crippen molar-refractivity contribution in [1.82, 2.24) is 18.3 Å². The van der Waals surface area contributed by atoms with E-state index >= 15 is 0 Å². The maximum atomic E-state index is 14.8. The summed E-state index contributed by atoms with van der Waals surface area (Å²) in [5.41, 5.74) is 11.9. The van der Waals surface area contributed by atoms with Crippen LogP contribution in [-0.2, 0) is 18.8 Å². The van der Waals surface area contributed by atoms with Crippen molar-refractivity contribution in [3.8, 4) is 62.2 Å².